The van der Waals surface area contributed by atoms with Gasteiger partial charge in [0.1, 0.15) is 5.75 Å². The maximum Gasteiger partial charge on any atom is 0.157 e. The Morgan fingerprint density at radius 1 is 1.40 bits per heavy atom. The van der Waals surface area contributed by atoms with Crippen LogP contribution in [0.3, 0.4) is 0 Å². The van der Waals surface area contributed by atoms with Gasteiger partial charge in [-0.2, -0.15) is 0 Å². The van der Waals surface area contributed by atoms with Crippen molar-refractivity contribution in [3.63, 3.8) is 0 Å². The topological polar surface area (TPSA) is 54.4 Å². The molecule has 0 aliphatic carbocycles. The molecule has 0 aromatic heterocycles. The van der Waals surface area contributed by atoms with E-state index in [0.29, 0.717) is 18.4 Å². The summed E-state index contributed by atoms with van der Waals surface area (Å²) < 4.78 is 23.3. The fourth-order valence-electron chi connectivity index (χ4n) is 1.89. The minimum absolute atomic E-state index is 0.0178. The van der Waals surface area contributed by atoms with Crippen molar-refractivity contribution in [1.82, 2.24) is 0 Å². The van der Waals surface area contributed by atoms with E-state index in [-0.39, 0.29) is 16.5 Å². The maximum absolute atomic E-state index is 11.7. The molecule has 2 rings (SSSR count). The van der Waals surface area contributed by atoms with Gasteiger partial charge in [-0.1, -0.05) is 17.7 Å². The van der Waals surface area contributed by atoms with Crippen LogP contribution < -0.4 is 0 Å². The maximum atomic E-state index is 11.7. The Kier molecular flexibility index (Phi) is 2.64. The molecule has 1 aromatic carbocycles. The number of rotatable bonds is 1. The SMILES string of the molecule is O=S1(=O)CCCC1c1ccc(O)c(Cl)c1. The summed E-state index contributed by atoms with van der Waals surface area (Å²) in [6.07, 6.45) is 1.34. The van der Waals surface area contributed by atoms with E-state index in [0.717, 1.165) is 0 Å². The molecule has 15 heavy (non-hydrogen) atoms. The van der Waals surface area contributed by atoms with Gasteiger partial charge in [-0.3, -0.25) is 0 Å². The Morgan fingerprint density at radius 2 is 2.13 bits per heavy atom. The monoisotopic (exact) mass is 246 g/mol. The Hall–Kier alpha value is -0.740. The third-order valence-electron chi connectivity index (χ3n) is 2.67. The zero-order chi connectivity index (χ0) is 11.1. The van der Waals surface area contributed by atoms with E-state index in [9.17, 15) is 13.5 Å². The number of hydrogen-bond donors (Lipinski definition) is 1. The van der Waals surface area contributed by atoms with Gasteiger partial charge in [0.05, 0.1) is 16.0 Å². The second kappa shape index (κ2) is 3.68. The van der Waals surface area contributed by atoms with Gasteiger partial charge in [0, 0.05) is 0 Å². The number of phenols is 1. The highest BCUT2D eigenvalue weighted by Gasteiger charge is 2.32. The van der Waals surface area contributed by atoms with Crippen molar-refractivity contribution in [3.05, 3.63) is 28.8 Å². The van der Waals surface area contributed by atoms with E-state index >= 15 is 0 Å². The van der Waals surface area contributed by atoms with E-state index in [1.165, 1.54) is 12.1 Å². The second-order valence-electron chi connectivity index (χ2n) is 3.71. The van der Waals surface area contributed by atoms with Gasteiger partial charge in [0.15, 0.2) is 9.84 Å². The number of sulfone groups is 1. The van der Waals surface area contributed by atoms with E-state index in [2.05, 4.69) is 0 Å². The number of aromatic hydroxyl groups is 1. The van der Waals surface area contributed by atoms with Gasteiger partial charge in [-0.25, -0.2) is 8.42 Å². The fraction of sp³-hybridized carbons (Fsp3) is 0.400. The highest BCUT2D eigenvalue weighted by molar-refractivity contribution is 7.91. The van der Waals surface area contributed by atoms with Crippen LogP contribution in [-0.2, 0) is 9.84 Å². The largest absolute Gasteiger partial charge is 0.506 e. The average Bonchev–Trinajstić information content (AvgIpc) is 2.50. The minimum Gasteiger partial charge on any atom is -0.506 e. The molecular weight excluding hydrogens is 236 g/mol. The molecule has 1 aromatic rings. The number of benzene rings is 1. The molecule has 0 spiro atoms. The van der Waals surface area contributed by atoms with Gasteiger partial charge < -0.3 is 5.11 Å². The van der Waals surface area contributed by atoms with Crippen LogP contribution >= 0.6 is 11.6 Å². The zero-order valence-electron chi connectivity index (χ0n) is 7.98. The first kappa shape index (κ1) is 10.8. The summed E-state index contributed by atoms with van der Waals surface area (Å²) >= 11 is 5.74. The normalized spacial score (nSPS) is 24.2. The van der Waals surface area contributed by atoms with Crippen molar-refractivity contribution in [2.75, 3.05) is 5.75 Å². The van der Waals surface area contributed by atoms with Gasteiger partial charge in [0.2, 0.25) is 0 Å². The minimum atomic E-state index is -3.01. The molecule has 0 radical (unpaired) electrons. The fourth-order valence-corrected chi connectivity index (χ4v) is 4.02. The van der Waals surface area contributed by atoms with E-state index in [4.69, 9.17) is 11.6 Å². The molecule has 0 saturated carbocycles. The molecule has 0 amide bonds. The first-order chi connectivity index (χ1) is 7.00. The molecule has 1 atom stereocenters. The lowest BCUT2D eigenvalue weighted by atomic mass is 10.1. The average molecular weight is 247 g/mol. The van der Waals surface area contributed by atoms with Crippen molar-refractivity contribution < 1.29 is 13.5 Å². The van der Waals surface area contributed by atoms with E-state index in [1.54, 1.807) is 6.07 Å². The number of halogens is 1. The lowest BCUT2D eigenvalue weighted by Crippen LogP contribution is -2.07. The smallest absolute Gasteiger partial charge is 0.157 e. The van der Waals surface area contributed by atoms with Gasteiger partial charge in [-0.15, -0.1) is 0 Å². The van der Waals surface area contributed by atoms with Crippen LogP contribution in [0.25, 0.3) is 0 Å². The van der Waals surface area contributed by atoms with Gasteiger partial charge in [-0.05, 0) is 30.5 Å². The molecule has 82 valence electrons. The molecular formula is C10H11ClO3S. The van der Waals surface area contributed by atoms with E-state index in [1.807, 2.05) is 0 Å². The molecule has 0 bridgehead atoms. The molecule has 1 fully saturated rings. The quantitative estimate of drug-likeness (QED) is 0.827. The molecule has 1 unspecified atom stereocenters. The van der Waals surface area contributed by atoms with Crippen LogP contribution in [0, 0.1) is 0 Å². The van der Waals surface area contributed by atoms with Crippen molar-refractivity contribution in [3.8, 4) is 5.75 Å². The predicted octanol–water partition coefficient (Wildman–Crippen LogP) is 2.30. The van der Waals surface area contributed by atoms with Gasteiger partial charge in [0.25, 0.3) is 0 Å². The van der Waals surface area contributed by atoms with Crippen molar-refractivity contribution in [1.29, 1.82) is 0 Å². The van der Waals surface area contributed by atoms with Crippen molar-refractivity contribution in [2.24, 2.45) is 0 Å². The predicted molar refractivity (Wildman–Crippen MR) is 58.9 cm³/mol. The molecule has 1 saturated heterocycles. The summed E-state index contributed by atoms with van der Waals surface area (Å²) in [7, 11) is -3.01. The summed E-state index contributed by atoms with van der Waals surface area (Å²) in [4.78, 5) is 0. The molecule has 5 heteroatoms. The summed E-state index contributed by atoms with van der Waals surface area (Å²) in [6.45, 7) is 0. The molecule has 1 heterocycles. The standard InChI is InChI=1S/C10H11ClO3S/c11-8-6-7(3-4-9(8)12)10-2-1-5-15(10,13)14/h3-4,6,10,12H,1-2,5H2. The lowest BCUT2D eigenvalue weighted by molar-refractivity contribution is 0.475. The number of phenolic OH excluding ortho intramolecular Hbond substituents is 1. The van der Waals surface area contributed by atoms with Crippen LogP contribution in [0.2, 0.25) is 5.02 Å². The van der Waals surface area contributed by atoms with Crippen LogP contribution in [0.15, 0.2) is 18.2 Å². The zero-order valence-corrected chi connectivity index (χ0v) is 9.55. The molecule has 1 aliphatic rings. The first-order valence-corrected chi connectivity index (χ1v) is 6.80. The Balaban J connectivity index is 2.42. The Bertz CT molecular complexity index is 481. The van der Waals surface area contributed by atoms with Crippen LogP contribution in [0.5, 0.6) is 5.75 Å². The van der Waals surface area contributed by atoms with Crippen LogP contribution in [0.4, 0.5) is 0 Å². The summed E-state index contributed by atoms with van der Waals surface area (Å²) in [5.41, 5.74) is 0.676. The van der Waals surface area contributed by atoms with Gasteiger partial charge >= 0.3 is 0 Å². The van der Waals surface area contributed by atoms with Crippen molar-refractivity contribution >= 4 is 21.4 Å². The second-order valence-corrected chi connectivity index (χ2v) is 6.42. The Morgan fingerprint density at radius 3 is 2.67 bits per heavy atom. The van der Waals surface area contributed by atoms with Crippen molar-refractivity contribution in [2.45, 2.75) is 18.1 Å². The molecule has 1 N–H and O–H groups in total. The summed E-state index contributed by atoms with van der Waals surface area (Å²) in [5, 5.41) is 8.99. The first-order valence-electron chi connectivity index (χ1n) is 4.71. The highest BCUT2D eigenvalue weighted by Crippen LogP contribution is 2.37. The van der Waals surface area contributed by atoms with E-state index < -0.39 is 15.1 Å². The number of hydrogen-bond acceptors (Lipinski definition) is 3. The third-order valence-corrected chi connectivity index (χ3v) is 5.21. The highest BCUT2D eigenvalue weighted by atomic mass is 35.5. The molecule has 3 nitrogen and oxygen atoms in total. The lowest BCUT2D eigenvalue weighted by Gasteiger charge is -2.10. The van der Waals surface area contributed by atoms with Crippen LogP contribution in [-0.4, -0.2) is 19.3 Å². The molecule has 1 aliphatic heterocycles. The Labute approximate surface area is 93.6 Å². The summed E-state index contributed by atoms with van der Waals surface area (Å²) in [5.74, 6) is 0.228. The van der Waals surface area contributed by atoms with Crippen LogP contribution in [0.1, 0.15) is 23.7 Å². The third kappa shape index (κ3) is 1.96. The summed E-state index contributed by atoms with van der Waals surface area (Å²) in [6, 6.07) is 4.59.